The highest BCUT2D eigenvalue weighted by Gasteiger charge is 2.33. The molecule has 1 unspecified atom stereocenters. The van der Waals surface area contributed by atoms with E-state index in [4.69, 9.17) is 26.5 Å². The lowest BCUT2D eigenvalue weighted by atomic mass is 9.94. The predicted octanol–water partition coefficient (Wildman–Crippen LogP) is 5.93. The first-order valence-electron chi connectivity index (χ1n) is 11.1. The molecule has 33 heavy (non-hydrogen) atoms. The van der Waals surface area contributed by atoms with E-state index in [0.29, 0.717) is 23.4 Å². The summed E-state index contributed by atoms with van der Waals surface area (Å²) in [5.74, 6) is 1.90. The second-order valence-corrected chi connectivity index (χ2v) is 8.95. The van der Waals surface area contributed by atoms with Crippen LogP contribution in [0.4, 0.5) is 0 Å². The molecule has 0 bridgehead atoms. The van der Waals surface area contributed by atoms with Crippen molar-refractivity contribution in [3.63, 3.8) is 0 Å². The van der Waals surface area contributed by atoms with E-state index < -0.39 is 0 Å². The van der Waals surface area contributed by atoms with E-state index in [-0.39, 0.29) is 6.04 Å². The second-order valence-electron chi connectivity index (χ2n) is 7.69. The fraction of sp³-hybridized carbons (Fsp3) is 0.320. The molecule has 0 spiro atoms. The maximum atomic E-state index is 5.80. The Labute approximate surface area is 204 Å². The average Bonchev–Trinajstić information content (AvgIpc) is 3.32. The number of thioether (sulfide) groups is 1. The summed E-state index contributed by atoms with van der Waals surface area (Å²) in [7, 11) is 0. The van der Waals surface area contributed by atoms with Gasteiger partial charge in [-0.05, 0) is 80.7 Å². The summed E-state index contributed by atoms with van der Waals surface area (Å²) in [5.41, 5.74) is 3.92. The summed E-state index contributed by atoms with van der Waals surface area (Å²) in [6, 6.07) is 16.0. The van der Waals surface area contributed by atoms with Crippen molar-refractivity contribution in [1.82, 2.24) is 20.4 Å². The van der Waals surface area contributed by atoms with Gasteiger partial charge in [-0.2, -0.15) is 4.98 Å². The summed E-state index contributed by atoms with van der Waals surface area (Å²) in [6.45, 7) is 7.62. The third kappa shape index (κ3) is 4.91. The molecule has 1 N–H and O–H groups in total. The lowest BCUT2D eigenvalue weighted by Crippen LogP contribution is -2.46. The predicted molar refractivity (Wildman–Crippen MR) is 137 cm³/mol. The third-order valence-corrected chi connectivity index (χ3v) is 6.65. The van der Waals surface area contributed by atoms with E-state index in [1.165, 1.54) is 4.90 Å². The Kier molecular flexibility index (Phi) is 7.35. The SMILES string of the molecule is CCCN1C(=S)NC(c2ccc(OCC)cc2)C(c2nc(-c3ccc(SC)cc3)no2)=C1C. The number of aromatic nitrogens is 2. The van der Waals surface area contributed by atoms with Crippen LogP contribution in [-0.4, -0.2) is 39.6 Å². The zero-order valence-electron chi connectivity index (χ0n) is 19.3. The van der Waals surface area contributed by atoms with Gasteiger partial charge in [0.15, 0.2) is 5.11 Å². The van der Waals surface area contributed by atoms with Gasteiger partial charge in [-0.1, -0.05) is 24.2 Å². The second kappa shape index (κ2) is 10.4. The molecule has 1 aliphatic heterocycles. The van der Waals surface area contributed by atoms with Crippen LogP contribution in [-0.2, 0) is 0 Å². The topological polar surface area (TPSA) is 63.4 Å². The van der Waals surface area contributed by atoms with Gasteiger partial charge in [0.05, 0.1) is 18.2 Å². The van der Waals surface area contributed by atoms with Crippen LogP contribution in [0.3, 0.4) is 0 Å². The lowest BCUT2D eigenvalue weighted by molar-refractivity contribution is 0.340. The maximum absolute atomic E-state index is 5.80. The van der Waals surface area contributed by atoms with Gasteiger partial charge in [0.1, 0.15) is 5.75 Å². The molecule has 0 fully saturated rings. The normalized spacial score (nSPS) is 16.2. The fourth-order valence-corrected chi connectivity index (χ4v) is 4.67. The van der Waals surface area contributed by atoms with Crippen LogP contribution < -0.4 is 10.1 Å². The van der Waals surface area contributed by atoms with Crippen molar-refractivity contribution in [1.29, 1.82) is 0 Å². The minimum atomic E-state index is -0.201. The Bertz CT molecular complexity index is 1140. The van der Waals surface area contributed by atoms with E-state index in [0.717, 1.165) is 41.1 Å². The lowest BCUT2D eigenvalue weighted by Gasteiger charge is -2.37. The highest BCUT2D eigenvalue weighted by molar-refractivity contribution is 7.98. The molecule has 2 aromatic carbocycles. The number of nitrogens with zero attached hydrogens (tertiary/aromatic N) is 3. The van der Waals surface area contributed by atoms with E-state index in [2.05, 4.69) is 47.6 Å². The Morgan fingerprint density at radius 2 is 1.85 bits per heavy atom. The highest BCUT2D eigenvalue weighted by Crippen LogP contribution is 2.38. The average molecular weight is 481 g/mol. The van der Waals surface area contributed by atoms with Crippen LogP contribution in [0.2, 0.25) is 0 Å². The quantitative estimate of drug-likeness (QED) is 0.314. The minimum Gasteiger partial charge on any atom is -0.494 e. The van der Waals surface area contributed by atoms with Crippen LogP contribution in [0.25, 0.3) is 17.0 Å². The molecule has 3 aromatic rings. The van der Waals surface area contributed by atoms with Crippen molar-refractivity contribution < 1.29 is 9.26 Å². The van der Waals surface area contributed by atoms with Crippen LogP contribution >= 0.6 is 24.0 Å². The molecule has 0 saturated heterocycles. The van der Waals surface area contributed by atoms with Crippen molar-refractivity contribution in [3.05, 3.63) is 65.7 Å². The van der Waals surface area contributed by atoms with Gasteiger partial charge in [0, 0.05) is 22.7 Å². The molecule has 0 amide bonds. The molecule has 2 heterocycles. The minimum absolute atomic E-state index is 0.201. The monoisotopic (exact) mass is 480 g/mol. The van der Waals surface area contributed by atoms with Crippen LogP contribution in [0, 0.1) is 0 Å². The number of nitrogens with one attached hydrogen (secondary N) is 1. The summed E-state index contributed by atoms with van der Waals surface area (Å²) < 4.78 is 11.4. The summed E-state index contributed by atoms with van der Waals surface area (Å²) in [4.78, 5) is 8.07. The molecular formula is C25H28N4O2S2. The number of ether oxygens (including phenoxy) is 1. The standard InChI is InChI=1S/C25H28N4O2S2/c1-5-15-29-16(3)21(22(26-25(29)32)17-7-11-19(12-8-17)30-6-2)24-27-23(28-31-24)18-9-13-20(33-4)14-10-18/h7-14,22H,5-6,15H2,1-4H3,(H,26,32). The van der Waals surface area contributed by atoms with Crippen molar-refractivity contribution in [2.45, 2.75) is 38.1 Å². The first-order valence-corrected chi connectivity index (χ1v) is 12.7. The number of benzene rings is 2. The first-order chi connectivity index (χ1) is 16.0. The van der Waals surface area contributed by atoms with Crippen LogP contribution in [0.5, 0.6) is 5.75 Å². The molecule has 0 aliphatic carbocycles. The van der Waals surface area contributed by atoms with Gasteiger partial charge in [0.2, 0.25) is 5.82 Å². The van der Waals surface area contributed by atoms with E-state index in [1.54, 1.807) is 11.8 Å². The number of thiocarbonyl (C=S) groups is 1. The van der Waals surface area contributed by atoms with Gasteiger partial charge in [-0.15, -0.1) is 11.8 Å². The van der Waals surface area contributed by atoms with Crippen molar-refractivity contribution in [2.75, 3.05) is 19.4 Å². The molecule has 1 aliphatic rings. The zero-order valence-corrected chi connectivity index (χ0v) is 20.9. The Morgan fingerprint density at radius 1 is 1.12 bits per heavy atom. The van der Waals surface area contributed by atoms with E-state index in [9.17, 15) is 0 Å². The third-order valence-electron chi connectivity index (χ3n) is 5.57. The van der Waals surface area contributed by atoms with Crippen molar-refractivity contribution in [2.24, 2.45) is 0 Å². The van der Waals surface area contributed by atoms with Crippen molar-refractivity contribution >= 4 is 34.7 Å². The number of hydrogen-bond donors (Lipinski definition) is 1. The molecule has 8 heteroatoms. The van der Waals surface area contributed by atoms with Gasteiger partial charge in [-0.3, -0.25) is 0 Å². The van der Waals surface area contributed by atoms with Crippen molar-refractivity contribution in [3.8, 4) is 17.1 Å². The Hall–Kier alpha value is -2.84. The highest BCUT2D eigenvalue weighted by atomic mass is 32.2. The van der Waals surface area contributed by atoms with Gasteiger partial charge < -0.3 is 19.5 Å². The van der Waals surface area contributed by atoms with Gasteiger partial charge >= 0.3 is 0 Å². The maximum Gasteiger partial charge on any atom is 0.258 e. The van der Waals surface area contributed by atoms with E-state index >= 15 is 0 Å². The molecule has 0 radical (unpaired) electrons. The molecule has 1 aromatic heterocycles. The number of hydrogen-bond acceptors (Lipinski definition) is 6. The number of allylic oxidation sites excluding steroid dienone is 1. The summed E-state index contributed by atoms with van der Waals surface area (Å²) in [5, 5.41) is 8.47. The van der Waals surface area contributed by atoms with Crippen LogP contribution in [0.15, 0.2) is 63.6 Å². The molecule has 1 atom stereocenters. The molecule has 4 rings (SSSR count). The van der Waals surface area contributed by atoms with Crippen LogP contribution in [0.1, 0.15) is 44.7 Å². The van der Waals surface area contributed by atoms with Gasteiger partial charge in [0.25, 0.3) is 5.89 Å². The molecule has 0 saturated carbocycles. The first kappa shape index (κ1) is 23.3. The Balaban J connectivity index is 1.75. The van der Waals surface area contributed by atoms with E-state index in [1.807, 2.05) is 43.3 Å². The smallest absolute Gasteiger partial charge is 0.258 e. The molecular weight excluding hydrogens is 452 g/mol. The van der Waals surface area contributed by atoms with Gasteiger partial charge in [-0.25, -0.2) is 0 Å². The zero-order chi connectivity index (χ0) is 23.4. The number of rotatable bonds is 8. The molecule has 6 nitrogen and oxygen atoms in total. The fourth-order valence-electron chi connectivity index (χ4n) is 3.91. The Morgan fingerprint density at radius 3 is 2.48 bits per heavy atom. The summed E-state index contributed by atoms with van der Waals surface area (Å²) in [6.07, 6.45) is 3.03. The largest absolute Gasteiger partial charge is 0.494 e. The summed E-state index contributed by atoms with van der Waals surface area (Å²) >= 11 is 7.41. The molecule has 172 valence electrons.